The number of morpholine rings is 1. The molecule has 1 saturated heterocycles. The van der Waals surface area contributed by atoms with Crippen molar-refractivity contribution in [2.24, 2.45) is 0 Å². The minimum Gasteiger partial charge on any atom is -0.404 e. The maximum atomic E-state index is 13.0. The minimum atomic E-state index is -4.97. The molecule has 0 unspecified atom stereocenters. The summed E-state index contributed by atoms with van der Waals surface area (Å²) in [5.41, 5.74) is -1.04. The molecule has 0 spiro atoms. The van der Waals surface area contributed by atoms with Gasteiger partial charge in [-0.25, -0.2) is 0 Å². The molecule has 9 nitrogen and oxygen atoms in total. The van der Waals surface area contributed by atoms with Crippen LogP contribution in [0.3, 0.4) is 0 Å². The normalized spacial score (nSPS) is 18.1. The van der Waals surface area contributed by atoms with Crippen molar-refractivity contribution >= 4 is 49.9 Å². The fraction of sp³-hybridized carbons (Fsp3) is 0.444. The van der Waals surface area contributed by atoms with Crippen LogP contribution < -0.4 is 15.4 Å². The van der Waals surface area contributed by atoms with Gasteiger partial charge >= 0.3 is 6.36 Å². The highest BCUT2D eigenvalue weighted by atomic mass is 79.9. The van der Waals surface area contributed by atoms with Crippen molar-refractivity contribution in [3.63, 3.8) is 0 Å². The highest BCUT2D eigenvalue weighted by Crippen LogP contribution is 2.44. The van der Waals surface area contributed by atoms with Gasteiger partial charge in [-0.1, -0.05) is 11.3 Å². The molecule has 2 fully saturated rings. The van der Waals surface area contributed by atoms with E-state index in [1.54, 1.807) is 0 Å². The van der Waals surface area contributed by atoms with E-state index in [2.05, 4.69) is 41.5 Å². The average Bonchev–Trinajstić information content (AvgIpc) is 3.46. The molecule has 32 heavy (non-hydrogen) atoms. The Balaban J connectivity index is 1.57. The molecule has 1 aliphatic carbocycles. The van der Waals surface area contributed by atoms with E-state index in [4.69, 9.17) is 4.74 Å². The standard InChI is InChI=1S/C18H17BrF3N5O4S/c19-15-25-26-16(32-15)24-13(28)10-1-2-12(31-18(20,21)22)11(9-10)23-14(29)17(3-4-17)27-5-7-30-8-6-27/h1-2,9H,3-8H2,(H,23,29)(H,24,26,28). The maximum Gasteiger partial charge on any atom is 0.573 e. The van der Waals surface area contributed by atoms with Gasteiger partial charge in [-0.05, 0) is 47.0 Å². The van der Waals surface area contributed by atoms with E-state index in [9.17, 15) is 22.8 Å². The fourth-order valence-electron chi connectivity index (χ4n) is 3.44. The maximum absolute atomic E-state index is 13.0. The number of nitrogens with zero attached hydrogens (tertiary/aromatic N) is 3. The number of carbonyl (C=O) groups excluding carboxylic acids is 2. The Morgan fingerprint density at radius 3 is 2.50 bits per heavy atom. The summed E-state index contributed by atoms with van der Waals surface area (Å²) in [6.07, 6.45) is -3.80. The third kappa shape index (κ3) is 5.19. The van der Waals surface area contributed by atoms with Gasteiger partial charge in [0.15, 0.2) is 9.67 Å². The van der Waals surface area contributed by atoms with E-state index in [0.717, 1.165) is 29.5 Å². The van der Waals surface area contributed by atoms with Crippen LogP contribution in [0.1, 0.15) is 23.2 Å². The first-order valence-corrected chi connectivity index (χ1v) is 11.1. The summed E-state index contributed by atoms with van der Waals surface area (Å²) in [6.45, 7) is 2.07. The fourth-order valence-corrected chi connectivity index (χ4v) is 4.45. The van der Waals surface area contributed by atoms with Crippen LogP contribution in [-0.2, 0) is 9.53 Å². The summed E-state index contributed by atoms with van der Waals surface area (Å²) >= 11 is 4.19. The molecule has 2 aromatic rings. The summed E-state index contributed by atoms with van der Waals surface area (Å²) in [5.74, 6) is -1.69. The molecule has 2 heterocycles. The van der Waals surface area contributed by atoms with Crippen molar-refractivity contribution in [2.45, 2.75) is 24.7 Å². The van der Waals surface area contributed by atoms with Gasteiger partial charge in [0.05, 0.1) is 18.9 Å². The molecule has 172 valence electrons. The lowest BCUT2D eigenvalue weighted by Gasteiger charge is -2.34. The second-order valence-electron chi connectivity index (χ2n) is 7.16. The van der Waals surface area contributed by atoms with E-state index in [0.29, 0.717) is 43.1 Å². The highest BCUT2D eigenvalue weighted by molar-refractivity contribution is 9.11. The molecule has 14 heteroatoms. The molecule has 4 rings (SSSR count). The predicted octanol–water partition coefficient (Wildman–Crippen LogP) is 3.25. The van der Waals surface area contributed by atoms with Gasteiger partial charge in [0.2, 0.25) is 11.0 Å². The molecular weight excluding hydrogens is 519 g/mol. The number of hydrogen-bond donors (Lipinski definition) is 2. The number of amides is 2. The van der Waals surface area contributed by atoms with Crippen molar-refractivity contribution in [1.82, 2.24) is 15.1 Å². The highest BCUT2D eigenvalue weighted by Gasteiger charge is 2.54. The largest absolute Gasteiger partial charge is 0.573 e. The number of halogens is 4. The first kappa shape index (κ1) is 22.9. The van der Waals surface area contributed by atoms with Gasteiger partial charge in [-0.2, -0.15) is 0 Å². The van der Waals surface area contributed by atoms with Crippen molar-refractivity contribution in [2.75, 3.05) is 36.9 Å². The zero-order valence-electron chi connectivity index (χ0n) is 16.4. The monoisotopic (exact) mass is 535 g/mol. The minimum absolute atomic E-state index is 0.0115. The first-order chi connectivity index (χ1) is 15.2. The smallest absolute Gasteiger partial charge is 0.404 e. The Morgan fingerprint density at radius 2 is 1.91 bits per heavy atom. The van der Waals surface area contributed by atoms with Gasteiger partial charge in [0.25, 0.3) is 5.91 Å². The topological polar surface area (TPSA) is 106 Å². The molecule has 0 bridgehead atoms. The summed E-state index contributed by atoms with van der Waals surface area (Å²) in [5, 5.41) is 12.7. The van der Waals surface area contributed by atoms with Gasteiger partial charge in [-0.3, -0.25) is 19.8 Å². The summed E-state index contributed by atoms with van der Waals surface area (Å²) in [4.78, 5) is 27.5. The van der Waals surface area contributed by atoms with Crippen molar-refractivity contribution < 1.29 is 32.2 Å². The van der Waals surface area contributed by atoms with Gasteiger partial charge < -0.3 is 14.8 Å². The number of hydrogen-bond acceptors (Lipinski definition) is 8. The molecule has 0 radical (unpaired) electrons. The first-order valence-electron chi connectivity index (χ1n) is 9.51. The summed E-state index contributed by atoms with van der Waals surface area (Å²) in [6, 6.07) is 3.29. The average molecular weight is 536 g/mol. The lowest BCUT2D eigenvalue weighted by molar-refractivity contribution is -0.274. The third-order valence-corrected chi connectivity index (χ3v) is 6.37. The van der Waals surface area contributed by atoms with Gasteiger partial charge in [0, 0.05) is 18.7 Å². The van der Waals surface area contributed by atoms with Crippen LogP contribution in [0.15, 0.2) is 22.1 Å². The Hall–Kier alpha value is -2.29. The van der Waals surface area contributed by atoms with E-state index in [1.165, 1.54) is 0 Å². The van der Waals surface area contributed by atoms with Crippen molar-refractivity contribution in [3.8, 4) is 5.75 Å². The van der Waals surface area contributed by atoms with Crippen LogP contribution in [-0.4, -0.2) is 65.1 Å². The zero-order valence-corrected chi connectivity index (χ0v) is 18.8. The lowest BCUT2D eigenvalue weighted by atomic mass is 10.1. The van der Waals surface area contributed by atoms with E-state index in [-0.39, 0.29) is 16.4 Å². The molecule has 1 aliphatic heterocycles. The summed E-state index contributed by atoms with van der Waals surface area (Å²) in [7, 11) is 0. The van der Waals surface area contributed by atoms with Crippen LogP contribution in [0, 0.1) is 0 Å². The molecule has 1 aromatic heterocycles. The molecule has 1 saturated carbocycles. The number of rotatable bonds is 6. The predicted molar refractivity (Wildman–Crippen MR) is 112 cm³/mol. The van der Waals surface area contributed by atoms with Crippen molar-refractivity contribution in [3.05, 3.63) is 27.7 Å². The van der Waals surface area contributed by atoms with E-state index >= 15 is 0 Å². The number of anilines is 2. The Morgan fingerprint density at radius 1 is 1.19 bits per heavy atom. The Kier molecular flexibility index (Phi) is 6.38. The molecular formula is C18H17BrF3N5O4S. The molecule has 2 amide bonds. The lowest BCUT2D eigenvalue weighted by Crippen LogP contribution is -2.51. The number of alkyl halides is 3. The second-order valence-corrected chi connectivity index (χ2v) is 9.41. The zero-order chi connectivity index (χ0) is 22.9. The van der Waals surface area contributed by atoms with Gasteiger partial charge in [0.1, 0.15) is 5.54 Å². The number of nitrogens with one attached hydrogen (secondary N) is 2. The quantitative estimate of drug-likeness (QED) is 0.584. The number of carbonyl (C=O) groups is 2. The van der Waals surface area contributed by atoms with E-state index in [1.807, 2.05) is 4.90 Å². The third-order valence-electron chi connectivity index (χ3n) is 5.10. The Labute approximate surface area is 192 Å². The van der Waals surface area contributed by atoms with Crippen molar-refractivity contribution in [1.29, 1.82) is 0 Å². The Bertz CT molecular complexity index is 1020. The van der Waals surface area contributed by atoms with E-state index < -0.39 is 29.5 Å². The second kappa shape index (κ2) is 8.92. The molecule has 1 aromatic carbocycles. The number of aromatic nitrogens is 2. The van der Waals surface area contributed by atoms with Gasteiger partial charge in [-0.15, -0.1) is 23.4 Å². The number of ether oxygens (including phenoxy) is 2. The summed E-state index contributed by atoms with van der Waals surface area (Å²) < 4.78 is 48.5. The number of benzene rings is 1. The molecule has 0 atom stereocenters. The van der Waals surface area contributed by atoms with Crippen LogP contribution in [0.4, 0.5) is 24.0 Å². The van der Waals surface area contributed by atoms with Crippen LogP contribution >= 0.6 is 27.3 Å². The van der Waals surface area contributed by atoms with Crippen LogP contribution in [0.2, 0.25) is 0 Å². The van der Waals surface area contributed by atoms with Crippen LogP contribution in [0.5, 0.6) is 5.75 Å². The molecule has 2 aliphatic rings. The van der Waals surface area contributed by atoms with Crippen LogP contribution in [0.25, 0.3) is 0 Å². The molecule has 2 N–H and O–H groups in total. The SMILES string of the molecule is O=C(Nc1nnc(Br)s1)c1ccc(OC(F)(F)F)c(NC(=O)C2(N3CCOCC3)CC2)c1.